The van der Waals surface area contributed by atoms with E-state index in [2.05, 4.69) is 4.98 Å². The van der Waals surface area contributed by atoms with Crippen molar-refractivity contribution < 1.29 is 14.2 Å². The van der Waals surface area contributed by atoms with E-state index in [1.54, 1.807) is 18.3 Å². The van der Waals surface area contributed by atoms with E-state index in [0.29, 0.717) is 12.4 Å². The summed E-state index contributed by atoms with van der Waals surface area (Å²) in [6, 6.07) is 11.3. The molecule has 0 fully saturated rings. The molecule has 0 radical (unpaired) electrons. The van der Waals surface area contributed by atoms with Crippen molar-refractivity contribution in [3.8, 4) is 5.75 Å². The third kappa shape index (κ3) is 3.28. The predicted octanol–water partition coefficient (Wildman–Crippen LogP) is 2.38. The van der Waals surface area contributed by atoms with Gasteiger partial charge in [-0.1, -0.05) is 6.07 Å². The Bertz CT molecular complexity index is 473. The first-order chi connectivity index (χ1) is 8.79. The van der Waals surface area contributed by atoms with Crippen LogP contribution in [0.3, 0.4) is 0 Å². The highest BCUT2D eigenvalue weighted by molar-refractivity contribution is 5.22. The number of aliphatic hydroxyl groups excluding tert-OH is 1. The van der Waals surface area contributed by atoms with E-state index in [1.165, 1.54) is 12.1 Å². The standard InChI is InChI=1S/C14H14FNO2/c15-12-4-6-13(7-5-12)18-10-11(9-17)14-3-1-2-8-16-14/h1-8,11,17H,9-10H2. The van der Waals surface area contributed by atoms with Crippen LogP contribution in [0.1, 0.15) is 11.6 Å². The van der Waals surface area contributed by atoms with Gasteiger partial charge in [-0.2, -0.15) is 0 Å². The summed E-state index contributed by atoms with van der Waals surface area (Å²) < 4.78 is 18.2. The Balaban J connectivity index is 1.97. The zero-order chi connectivity index (χ0) is 12.8. The lowest BCUT2D eigenvalue weighted by Crippen LogP contribution is -2.15. The fourth-order valence-electron chi connectivity index (χ4n) is 1.58. The molecule has 2 rings (SSSR count). The lowest BCUT2D eigenvalue weighted by Gasteiger charge is -2.14. The molecule has 2 aromatic rings. The van der Waals surface area contributed by atoms with E-state index in [1.807, 2.05) is 18.2 Å². The minimum atomic E-state index is -0.300. The summed E-state index contributed by atoms with van der Waals surface area (Å²) in [7, 11) is 0. The van der Waals surface area contributed by atoms with Gasteiger partial charge in [0.05, 0.1) is 19.1 Å². The molecule has 1 heterocycles. The van der Waals surface area contributed by atoms with Crippen molar-refractivity contribution in [3.63, 3.8) is 0 Å². The molecule has 94 valence electrons. The average Bonchev–Trinajstić information content (AvgIpc) is 2.43. The van der Waals surface area contributed by atoms with Crippen LogP contribution in [-0.2, 0) is 0 Å². The van der Waals surface area contributed by atoms with Crippen LogP contribution >= 0.6 is 0 Å². The van der Waals surface area contributed by atoms with Gasteiger partial charge in [-0.15, -0.1) is 0 Å². The Morgan fingerprint density at radius 1 is 1.17 bits per heavy atom. The number of halogens is 1. The number of rotatable bonds is 5. The molecule has 1 unspecified atom stereocenters. The lowest BCUT2D eigenvalue weighted by molar-refractivity contribution is 0.202. The van der Waals surface area contributed by atoms with Gasteiger partial charge in [0.15, 0.2) is 0 Å². The van der Waals surface area contributed by atoms with Gasteiger partial charge in [0.2, 0.25) is 0 Å². The first kappa shape index (κ1) is 12.5. The molecule has 18 heavy (non-hydrogen) atoms. The van der Waals surface area contributed by atoms with Crippen molar-refractivity contribution in [1.82, 2.24) is 4.98 Å². The molecular formula is C14H14FNO2. The van der Waals surface area contributed by atoms with Gasteiger partial charge in [-0.05, 0) is 36.4 Å². The summed E-state index contributed by atoms with van der Waals surface area (Å²) >= 11 is 0. The predicted molar refractivity (Wildman–Crippen MR) is 66.0 cm³/mol. The van der Waals surface area contributed by atoms with Gasteiger partial charge >= 0.3 is 0 Å². The van der Waals surface area contributed by atoms with Gasteiger partial charge in [-0.3, -0.25) is 4.98 Å². The summed E-state index contributed by atoms with van der Waals surface area (Å²) in [5, 5.41) is 9.32. The maximum atomic E-state index is 12.7. The van der Waals surface area contributed by atoms with Gasteiger partial charge in [0.25, 0.3) is 0 Å². The fraction of sp³-hybridized carbons (Fsp3) is 0.214. The maximum Gasteiger partial charge on any atom is 0.123 e. The lowest BCUT2D eigenvalue weighted by atomic mass is 10.1. The normalized spacial score (nSPS) is 12.1. The quantitative estimate of drug-likeness (QED) is 0.882. The smallest absolute Gasteiger partial charge is 0.123 e. The second-order valence-electron chi connectivity index (χ2n) is 3.90. The van der Waals surface area contributed by atoms with Crippen LogP contribution in [0.4, 0.5) is 4.39 Å². The molecule has 0 saturated heterocycles. The summed E-state index contributed by atoms with van der Waals surface area (Å²) in [4.78, 5) is 4.18. The average molecular weight is 247 g/mol. The molecule has 0 spiro atoms. The van der Waals surface area contributed by atoms with E-state index in [9.17, 15) is 9.50 Å². The number of hydrogen-bond donors (Lipinski definition) is 1. The van der Waals surface area contributed by atoms with E-state index in [-0.39, 0.29) is 18.3 Å². The third-order valence-electron chi connectivity index (χ3n) is 2.59. The first-order valence-corrected chi connectivity index (χ1v) is 5.70. The molecule has 4 heteroatoms. The molecule has 0 aliphatic heterocycles. The SMILES string of the molecule is OCC(COc1ccc(F)cc1)c1ccccn1. The zero-order valence-electron chi connectivity index (χ0n) is 9.79. The van der Waals surface area contributed by atoms with Crippen molar-refractivity contribution in [3.05, 3.63) is 60.2 Å². The molecule has 1 aromatic heterocycles. The van der Waals surface area contributed by atoms with E-state index in [4.69, 9.17) is 4.74 Å². The van der Waals surface area contributed by atoms with Crippen LogP contribution in [0.5, 0.6) is 5.75 Å². The van der Waals surface area contributed by atoms with Crippen LogP contribution in [0, 0.1) is 5.82 Å². The molecule has 0 aliphatic rings. The largest absolute Gasteiger partial charge is 0.493 e. The Hall–Kier alpha value is -1.94. The van der Waals surface area contributed by atoms with Crippen LogP contribution in [0.25, 0.3) is 0 Å². The highest BCUT2D eigenvalue weighted by Crippen LogP contribution is 2.16. The molecule has 0 aliphatic carbocycles. The topological polar surface area (TPSA) is 42.4 Å². The monoisotopic (exact) mass is 247 g/mol. The summed E-state index contributed by atoms with van der Waals surface area (Å²) in [5.74, 6) is 0.0906. The Morgan fingerprint density at radius 2 is 1.94 bits per heavy atom. The molecule has 0 saturated carbocycles. The zero-order valence-corrected chi connectivity index (χ0v) is 9.79. The highest BCUT2D eigenvalue weighted by atomic mass is 19.1. The number of aliphatic hydroxyl groups is 1. The van der Waals surface area contributed by atoms with Crippen molar-refractivity contribution >= 4 is 0 Å². The van der Waals surface area contributed by atoms with Crippen molar-refractivity contribution in [2.45, 2.75) is 5.92 Å². The summed E-state index contributed by atoms with van der Waals surface area (Å²) in [6.07, 6.45) is 1.68. The van der Waals surface area contributed by atoms with Gasteiger partial charge in [-0.25, -0.2) is 4.39 Å². The number of pyridine rings is 1. The Kier molecular flexibility index (Phi) is 4.25. The second-order valence-corrected chi connectivity index (χ2v) is 3.90. The number of aromatic nitrogens is 1. The van der Waals surface area contributed by atoms with Gasteiger partial charge in [0, 0.05) is 11.9 Å². The third-order valence-corrected chi connectivity index (χ3v) is 2.59. The highest BCUT2D eigenvalue weighted by Gasteiger charge is 2.12. The van der Waals surface area contributed by atoms with E-state index < -0.39 is 0 Å². The summed E-state index contributed by atoms with van der Waals surface area (Å²) in [6.45, 7) is 0.261. The Labute approximate surface area is 105 Å². The fourth-order valence-corrected chi connectivity index (χ4v) is 1.58. The van der Waals surface area contributed by atoms with Crippen molar-refractivity contribution in [1.29, 1.82) is 0 Å². The minimum Gasteiger partial charge on any atom is -0.493 e. The second kappa shape index (κ2) is 6.12. The maximum absolute atomic E-state index is 12.7. The summed E-state index contributed by atoms with van der Waals surface area (Å²) in [5.41, 5.74) is 0.780. The number of hydrogen-bond acceptors (Lipinski definition) is 3. The molecule has 1 aromatic carbocycles. The van der Waals surface area contributed by atoms with Crippen LogP contribution < -0.4 is 4.74 Å². The van der Waals surface area contributed by atoms with Crippen molar-refractivity contribution in [2.75, 3.05) is 13.2 Å². The van der Waals surface area contributed by atoms with Gasteiger partial charge < -0.3 is 9.84 Å². The number of nitrogens with zero attached hydrogens (tertiary/aromatic N) is 1. The molecule has 1 N–H and O–H groups in total. The van der Waals surface area contributed by atoms with Crippen LogP contribution in [0.2, 0.25) is 0 Å². The van der Waals surface area contributed by atoms with Crippen LogP contribution in [0.15, 0.2) is 48.7 Å². The van der Waals surface area contributed by atoms with E-state index in [0.717, 1.165) is 5.69 Å². The first-order valence-electron chi connectivity index (χ1n) is 5.70. The van der Waals surface area contributed by atoms with Gasteiger partial charge in [0.1, 0.15) is 11.6 Å². The van der Waals surface area contributed by atoms with Crippen LogP contribution in [-0.4, -0.2) is 23.3 Å². The Morgan fingerprint density at radius 3 is 2.56 bits per heavy atom. The number of benzene rings is 1. The minimum absolute atomic E-state index is 0.0434. The van der Waals surface area contributed by atoms with E-state index >= 15 is 0 Å². The molecule has 3 nitrogen and oxygen atoms in total. The molecular weight excluding hydrogens is 233 g/mol. The molecule has 0 bridgehead atoms. The molecule has 1 atom stereocenters. The molecule has 0 amide bonds. The van der Waals surface area contributed by atoms with Crippen molar-refractivity contribution in [2.24, 2.45) is 0 Å². The number of ether oxygens (including phenoxy) is 1.